The van der Waals surface area contributed by atoms with Crippen LogP contribution in [0.1, 0.15) is 35.8 Å². The molecule has 6 heteroatoms. The summed E-state index contributed by atoms with van der Waals surface area (Å²) in [4.78, 5) is 27.1. The largest absolute Gasteiger partial charge is 0.321 e. The molecule has 5 rings (SSSR count). The average molecular weight is 385 g/mol. The van der Waals surface area contributed by atoms with Crippen LogP contribution in [0.25, 0.3) is 16.9 Å². The van der Waals surface area contributed by atoms with Crippen LogP contribution in [-0.4, -0.2) is 37.3 Å². The minimum absolute atomic E-state index is 0.110. The predicted molar refractivity (Wildman–Crippen MR) is 113 cm³/mol. The molecule has 1 aromatic carbocycles. The Morgan fingerprint density at radius 1 is 1.14 bits per heavy atom. The van der Waals surface area contributed by atoms with Gasteiger partial charge in [-0.25, -0.2) is 4.98 Å². The van der Waals surface area contributed by atoms with Gasteiger partial charge in [-0.15, -0.1) is 0 Å². The van der Waals surface area contributed by atoms with E-state index in [0.29, 0.717) is 11.4 Å². The van der Waals surface area contributed by atoms with Crippen LogP contribution in [0.2, 0.25) is 0 Å². The molecule has 0 radical (unpaired) electrons. The third-order valence-corrected chi connectivity index (χ3v) is 5.85. The van der Waals surface area contributed by atoms with Crippen LogP contribution in [0.3, 0.4) is 0 Å². The number of nitrogens with zero attached hydrogens (tertiary/aromatic N) is 4. The molecule has 4 aromatic rings. The SMILES string of the molecule is Cc1ccnc(C2CN(C(C)c3cn4c(-c5ccccc5)ncc4c(=O)[nH]3)C2)c1. The normalized spacial score (nSPS) is 16.1. The Balaban J connectivity index is 1.43. The molecule has 1 aliphatic rings. The van der Waals surface area contributed by atoms with Crippen LogP contribution in [0, 0.1) is 6.92 Å². The first-order valence-corrected chi connectivity index (χ1v) is 9.92. The fraction of sp³-hybridized carbons (Fsp3) is 0.261. The summed E-state index contributed by atoms with van der Waals surface area (Å²) in [5.41, 5.74) is 4.73. The Hall–Kier alpha value is -3.25. The Labute approximate surface area is 168 Å². The molecule has 0 saturated carbocycles. The van der Waals surface area contributed by atoms with Crippen molar-refractivity contribution in [2.45, 2.75) is 25.8 Å². The number of H-pyrrole nitrogens is 1. The maximum atomic E-state index is 12.7. The highest BCUT2D eigenvalue weighted by molar-refractivity contribution is 5.61. The van der Waals surface area contributed by atoms with Gasteiger partial charge in [-0.2, -0.15) is 0 Å². The molecular formula is C23H23N5O. The lowest BCUT2D eigenvalue weighted by molar-refractivity contribution is 0.0960. The molecule has 1 aliphatic heterocycles. The van der Waals surface area contributed by atoms with Gasteiger partial charge in [0.1, 0.15) is 11.3 Å². The molecule has 0 amide bonds. The zero-order valence-corrected chi connectivity index (χ0v) is 16.5. The summed E-state index contributed by atoms with van der Waals surface area (Å²) in [5, 5.41) is 0. The van der Waals surface area contributed by atoms with Crippen molar-refractivity contribution in [2.24, 2.45) is 0 Å². The van der Waals surface area contributed by atoms with Gasteiger partial charge in [0.15, 0.2) is 0 Å². The minimum Gasteiger partial charge on any atom is -0.321 e. The van der Waals surface area contributed by atoms with Gasteiger partial charge in [0.25, 0.3) is 5.56 Å². The molecule has 1 unspecified atom stereocenters. The second-order valence-electron chi connectivity index (χ2n) is 7.83. The van der Waals surface area contributed by atoms with Gasteiger partial charge in [0, 0.05) is 48.7 Å². The molecule has 29 heavy (non-hydrogen) atoms. The van der Waals surface area contributed by atoms with E-state index in [1.807, 2.05) is 53.2 Å². The number of likely N-dealkylation sites (tertiary alicyclic amines) is 1. The number of nitrogens with one attached hydrogen (secondary N) is 1. The Kier molecular flexibility index (Phi) is 4.28. The van der Waals surface area contributed by atoms with Crippen LogP contribution in [0.4, 0.5) is 0 Å². The highest BCUT2D eigenvalue weighted by Gasteiger charge is 2.33. The summed E-state index contributed by atoms with van der Waals surface area (Å²) in [5.74, 6) is 1.23. The molecule has 146 valence electrons. The van der Waals surface area contributed by atoms with Crippen molar-refractivity contribution in [1.29, 1.82) is 0 Å². The minimum atomic E-state index is -0.110. The number of rotatable bonds is 4. The first-order chi connectivity index (χ1) is 14.1. The maximum absolute atomic E-state index is 12.7. The third kappa shape index (κ3) is 3.15. The summed E-state index contributed by atoms with van der Waals surface area (Å²) in [6.45, 7) is 6.11. The van der Waals surface area contributed by atoms with E-state index in [1.165, 1.54) is 5.56 Å². The van der Waals surface area contributed by atoms with Gasteiger partial charge in [-0.05, 0) is 31.5 Å². The maximum Gasteiger partial charge on any atom is 0.274 e. The topological polar surface area (TPSA) is 66.3 Å². The zero-order valence-electron chi connectivity index (χ0n) is 16.5. The monoisotopic (exact) mass is 385 g/mol. The average Bonchev–Trinajstić information content (AvgIpc) is 3.12. The van der Waals surface area contributed by atoms with E-state index in [1.54, 1.807) is 6.20 Å². The van der Waals surface area contributed by atoms with Crippen molar-refractivity contribution >= 4 is 5.52 Å². The van der Waals surface area contributed by atoms with Gasteiger partial charge in [0.05, 0.1) is 11.9 Å². The molecule has 0 aliphatic carbocycles. The van der Waals surface area contributed by atoms with E-state index in [-0.39, 0.29) is 11.6 Å². The fourth-order valence-corrected chi connectivity index (χ4v) is 4.03. The number of imidazole rings is 1. The Morgan fingerprint density at radius 3 is 2.69 bits per heavy atom. The van der Waals surface area contributed by atoms with Crippen molar-refractivity contribution in [3.63, 3.8) is 0 Å². The lowest BCUT2D eigenvalue weighted by Crippen LogP contribution is -2.46. The number of hydrogen-bond donors (Lipinski definition) is 1. The smallest absolute Gasteiger partial charge is 0.274 e. The quantitative estimate of drug-likeness (QED) is 0.583. The van der Waals surface area contributed by atoms with E-state index in [0.717, 1.165) is 35.9 Å². The number of aromatic amines is 1. The molecule has 1 N–H and O–H groups in total. The van der Waals surface area contributed by atoms with E-state index < -0.39 is 0 Å². The number of aryl methyl sites for hydroxylation is 1. The second-order valence-corrected chi connectivity index (χ2v) is 7.83. The first kappa shape index (κ1) is 17.8. The first-order valence-electron chi connectivity index (χ1n) is 9.92. The van der Waals surface area contributed by atoms with Gasteiger partial charge in [0.2, 0.25) is 0 Å². The van der Waals surface area contributed by atoms with E-state index in [2.05, 4.69) is 39.8 Å². The number of fused-ring (bicyclic) bond motifs is 1. The van der Waals surface area contributed by atoms with Crippen molar-refractivity contribution in [3.05, 3.63) is 88.4 Å². The van der Waals surface area contributed by atoms with Gasteiger partial charge >= 0.3 is 0 Å². The van der Waals surface area contributed by atoms with Crippen molar-refractivity contribution < 1.29 is 0 Å². The molecule has 0 bridgehead atoms. The number of pyridine rings is 1. The van der Waals surface area contributed by atoms with Crippen LogP contribution in [0.5, 0.6) is 0 Å². The highest BCUT2D eigenvalue weighted by atomic mass is 16.1. The summed E-state index contributed by atoms with van der Waals surface area (Å²) in [7, 11) is 0. The van der Waals surface area contributed by atoms with Crippen LogP contribution >= 0.6 is 0 Å². The van der Waals surface area contributed by atoms with Crippen molar-refractivity contribution in [2.75, 3.05) is 13.1 Å². The summed E-state index contributed by atoms with van der Waals surface area (Å²) >= 11 is 0. The van der Waals surface area contributed by atoms with E-state index in [9.17, 15) is 4.79 Å². The summed E-state index contributed by atoms with van der Waals surface area (Å²) in [6.07, 6.45) is 5.53. The number of benzene rings is 1. The van der Waals surface area contributed by atoms with Crippen LogP contribution in [0.15, 0.2) is 65.8 Å². The molecule has 1 fully saturated rings. The third-order valence-electron chi connectivity index (χ3n) is 5.85. The highest BCUT2D eigenvalue weighted by Crippen LogP contribution is 2.33. The van der Waals surface area contributed by atoms with Crippen molar-refractivity contribution in [1.82, 2.24) is 24.3 Å². The Morgan fingerprint density at radius 2 is 1.93 bits per heavy atom. The number of aromatic nitrogens is 4. The van der Waals surface area contributed by atoms with Crippen LogP contribution < -0.4 is 5.56 Å². The van der Waals surface area contributed by atoms with Crippen LogP contribution in [-0.2, 0) is 0 Å². The van der Waals surface area contributed by atoms with Gasteiger partial charge in [-0.3, -0.25) is 19.1 Å². The molecular weight excluding hydrogens is 362 g/mol. The summed E-state index contributed by atoms with van der Waals surface area (Å²) < 4.78 is 1.90. The fourth-order valence-electron chi connectivity index (χ4n) is 4.03. The molecule has 0 spiro atoms. The van der Waals surface area contributed by atoms with Crippen molar-refractivity contribution in [3.8, 4) is 11.4 Å². The number of hydrogen-bond acceptors (Lipinski definition) is 4. The molecule has 3 aromatic heterocycles. The summed E-state index contributed by atoms with van der Waals surface area (Å²) in [6, 6.07) is 14.2. The van der Waals surface area contributed by atoms with E-state index in [4.69, 9.17) is 0 Å². The molecule has 1 atom stereocenters. The van der Waals surface area contributed by atoms with Gasteiger partial charge < -0.3 is 4.98 Å². The standard InChI is InChI=1S/C23H23N5O/c1-15-8-9-24-19(10-15)18-12-27(13-18)16(2)20-14-28-21(23(29)26-20)11-25-22(28)17-6-4-3-5-7-17/h3-11,14,16,18H,12-13H2,1-2H3,(H,26,29). The lowest BCUT2D eigenvalue weighted by Gasteiger charge is -2.42. The van der Waals surface area contributed by atoms with E-state index >= 15 is 0 Å². The second kappa shape index (κ2) is 6.97. The molecule has 6 nitrogen and oxygen atoms in total. The van der Waals surface area contributed by atoms with Gasteiger partial charge in [-0.1, -0.05) is 30.3 Å². The Bertz CT molecular complexity index is 1220. The molecule has 1 saturated heterocycles. The molecule has 4 heterocycles. The predicted octanol–water partition coefficient (Wildman–Crippen LogP) is 3.55. The zero-order chi connectivity index (χ0) is 20.0. The lowest BCUT2D eigenvalue weighted by atomic mass is 9.92.